The fourth-order valence-electron chi connectivity index (χ4n) is 2.29. The molecule has 0 bridgehead atoms. The van der Waals surface area contributed by atoms with Gasteiger partial charge in [-0.15, -0.1) is 0 Å². The summed E-state index contributed by atoms with van der Waals surface area (Å²) in [5.74, 6) is 0.128. The summed E-state index contributed by atoms with van der Waals surface area (Å²) in [6.45, 7) is 0.594. The molecule has 0 radical (unpaired) electrons. The number of epoxide rings is 1. The molecule has 4 nitrogen and oxygen atoms in total. The van der Waals surface area contributed by atoms with Crippen molar-refractivity contribution in [3.63, 3.8) is 0 Å². The smallest absolute Gasteiger partial charge is 0.164 e. The Hall–Kier alpha value is -2.53. The van der Waals surface area contributed by atoms with Crippen molar-refractivity contribution in [2.24, 2.45) is 0 Å². The maximum absolute atomic E-state index is 13.5. The van der Waals surface area contributed by atoms with Gasteiger partial charge in [0.25, 0.3) is 0 Å². The van der Waals surface area contributed by atoms with Gasteiger partial charge >= 0.3 is 0 Å². The Balaban J connectivity index is 1.51. The quantitative estimate of drug-likeness (QED) is 0.551. The first-order chi connectivity index (χ1) is 11.6. The summed E-state index contributed by atoms with van der Waals surface area (Å²) in [6.07, 6.45) is 0.0790. The third kappa shape index (κ3) is 4.26. The zero-order valence-corrected chi connectivity index (χ0v) is 13.0. The molecule has 0 saturated carbocycles. The summed E-state index contributed by atoms with van der Waals surface area (Å²) in [4.78, 5) is 23.6. The topological polar surface area (TPSA) is 55.9 Å². The standard InChI is InChI=1S/C19H17FO4/c20-16-4-2-1-3-14(16)11-23-15-7-5-13(6-8-15)17(21)9-10-18(22)19-12-24-19/h1-8,19H,9-12H2. The van der Waals surface area contributed by atoms with Gasteiger partial charge in [0.05, 0.1) is 6.61 Å². The second-order valence-electron chi connectivity index (χ2n) is 5.62. The minimum atomic E-state index is -0.311. The molecule has 1 unspecified atom stereocenters. The van der Waals surface area contributed by atoms with Crippen LogP contribution >= 0.6 is 0 Å². The number of ether oxygens (including phenoxy) is 2. The largest absolute Gasteiger partial charge is 0.489 e. The molecule has 24 heavy (non-hydrogen) atoms. The van der Waals surface area contributed by atoms with E-state index < -0.39 is 0 Å². The second kappa shape index (κ2) is 7.36. The first-order valence-electron chi connectivity index (χ1n) is 7.77. The van der Waals surface area contributed by atoms with Crippen LogP contribution in [-0.2, 0) is 16.1 Å². The van der Waals surface area contributed by atoms with E-state index in [1.54, 1.807) is 42.5 Å². The molecule has 2 aromatic carbocycles. The van der Waals surface area contributed by atoms with Gasteiger partial charge in [-0.1, -0.05) is 18.2 Å². The van der Waals surface area contributed by atoms with Crippen LogP contribution in [0.1, 0.15) is 28.8 Å². The monoisotopic (exact) mass is 328 g/mol. The van der Waals surface area contributed by atoms with E-state index in [0.29, 0.717) is 23.5 Å². The Bertz CT molecular complexity index is 735. The minimum absolute atomic E-state index is 0.0202. The Morgan fingerprint density at radius 3 is 2.46 bits per heavy atom. The van der Waals surface area contributed by atoms with E-state index in [0.717, 1.165) is 0 Å². The van der Waals surface area contributed by atoms with Crippen LogP contribution in [0.4, 0.5) is 4.39 Å². The van der Waals surface area contributed by atoms with Crippen LogP contribution in [0.15, 0.2) is 48.5 Å². The lowest BCUT2D eigenvalue weighted by Crippen LogP contribution is -2.09. The number of Topliss-reactive ketones (excluding diaryl/α,β-unsaturated/α-hetero) is 2. The summed E-state index contributed by atoms with van der Waals surface area (Å²) in [7, 11) is 0. The molecule has 1 fully saturated rings. The van der Waals surface area contributed by atoms with Gasteiger partial charge in [0.2, 0.25) is 0 Å². The molecule has 3 rings (SSSR count). The molecule has 1 aliphatic rings. The Kier molecular flexibility index (Phi) is 5.01. The van der Waals surface area contributed by atoms with E-state index in [-0.39, 0.29) is 42.9 Å². The zero-order chi connectivity index (χ0) is 16.9. The van der Waals surface area contributed by atoms with Crippen LogP contribution in [0.2, 0.25) is 0 Å². The predicted octanol–water partition coefficient (Wildman–Crippen LogP) is 3.34. The van der Waals surface area contributed by atoms with Gasteiger partial charge in [0, 0.05) is 24.0 Å². The summed E-state index contributed by atoms with van der Waals surface area (Å²) >= 11 is 0. The van der Waals surface area contributed by atoms with Crippen molar-refractivity contribution in [2.75, 3.05) is 6.61 Å². The lowest BCUT2D eigenvalue weighted by atomic mass is 10.0. The zero-order valence-electron chi connectivity index (χ0n) is 13.0. The summed E-state index contributed by atoms with van der Waals surface area (Å²) < 4.78 is 23.9. The molecule has 2 aromatic rings. The Morgan fingerprint density at radius 2 is 1.79 bits per heavy atom. The van der Waals surface area contributed by atoms with Crippen molar-refractivity contribution < 1.29 is 23.5 Å². The van der Waals surface area contributed by atoms with E-state index in [9.17, 15) is 14.0 Å². The third-order valence-electron chi connectivity index (χ3n) is 3.82. The number of benzene rings is 2. The van der Waals surface area contributed by atoms with Gasteiger partial charge in [0.1, 0.15) is 24.3 Å². The molecule has 1 heterocycles. The maximum atomic E-state index is 13.5. The van der Waals surface area contributed by atoms with Crippen LogP contribution < -0.4 is 4.74 Å². The van der Waals surface area contributed by atoms with Crippen LogP contribution in [0.25, 0.3) is 0 Å². The SMILES string of the molecule is O=C(CCC(=O)C1CO1)c1ccc(OCc2ccccc2F)cc1. The van der Waals surface area contributed by atoms with E-state index in [1.165, 1.54) is 6.07 Å². The molecule has 0 N–H and O–H groups in total. The molecular formula is C19H17FO4. The fraction of sp³-hybridized carbons (Fsp3) is 0.263. The maximum Gasteiger partial charge on any atom is 0.164 e. The van der Waals surface area contributed by atoms with E-state index in [4.69, 9.17) is 9.47 Å². The first-order valence-corrected chi connectivity index (χ1v) is 7.77. The van der Waals surface area contributed by atoms with Crippen LogP contribution in [-0.4, -0.2) is 24.3 Å². The van der Waals surface area contributed by atoms with Crippen molar-refractivity contribution in [3.8, 4) is 5.75 Å². The number of hydrogen-bond acceptors (Lipinski definition) is 4. The van der Waals surface area contributed by atoms with Gasteiger partial charge < -0.3 is 9.47 Å². The molecule has 0 amide bonds. The van der Waals surface area contributed by atoms with Crippen molar-refractivity contribution in [1.82, 2.24) is 0 Å². The highest BCUT2D eigenvalue weighted by atomic mass is 19.1. The van der Waals surface area contributed by atoms with E-state index in [2.05, 4.69) is 0 Å². The number of ketones is 2. The minimum Gasteiger partial charge on any atom is -0.489 e. The lowest BCUT2D eigenvalue weighted by Gasteiger charge is -2.08. The predicted molar refractivity (Wildman–Crippen MR) is 85.5 cm³/mol. The molecule has 5 heteroatoms. The van der Waals surface area contributed by atoms with Crippen LogP contribution in [0.5, 0.6) is 5.75 Å². The van der Waals surface area contributed by atoms with Gasteiger partial charge in [-0.3, -0.25) is 9.59 Å². The molecule has 0 spiro atoms. The number of rotatable bonds is 8. The molecule has 0 aliphatic carbocycles. The number of halogens is 1. The average Bonchev–Trinajstić information content (AvgIpc) is 3.44. The highest BCUT2D eigenvalue weighted by Gasteiger charge is 2.30. The van der Waals surface area contributed by atoms with Crippen molar-refractivity contribution >= 4 is 11.6 Å². The molecule has 124 valence electrons. The first kappa shape index (κ1) is 16.3. The van der Waals surface area contributed by atoms with Gasteiger partial charge in [-0.05, 0) is 30.3 Å². The highest BCUT2D eigenvalue weighted by Crippen LogP contribution is 2.18. The van der Waals surface area contributed by atoms with Crippen molar-refractivity contribution in [2.45, 2.75) is 25.6 Å². The molecule has 0 aromatic heterocycles. The van der Waals surface area contributed by atoms with Gasteiger partial charge in [0.15, 0.2) is 11.6 Å². The second-order valence-corrected chi connectivity index (χ2v) is 5.62. The average molecular weight is 328 g/mol. The van der Waals surface area contributed by atoms with E-state index in [1.807, 2.05) is 0 Å². The lowest BCUT2D eigenvalue weighted by molar-refractivity contribution is -0.120. The fourth-order valence-corrected chi connectivity index (χ4v) is 2.29. The molecule has 1 aliphatic heterocycles. The molecular weight excluding hydrogens is 311 g/mol. The highest BCUT2D eigenvalue weighted by molar-refractivity contribution is 5.99. The molecule has 1 atom stereocenters. The molecule has 1 saturated heterocycles. The van der Waals surface area contributed by atoms with Gasteiger partial charge in [-0.25, -0.2) is 4.39 Å². The number of carbonyl (C=O) groups excluding carboxylic acids is 2. The third-order valence-corrected chi connectivity index (χ3v) is 3.82. The Labute approximate surface area is 139 Å². The van der Waals surface area contributed by atoms with E-state index >= 15 is 0 Å². The van der Waals surface area contributed by atoms with Crippen molar-refractivity contribution in [3.05, 3.63) is 65.5 Å². The Morgan fingerprint density at radius 1 is 1.08 bits per heavy atom. The van der Waals surface area contributed by atoms with Crippen molar-refractivity contribution in [1.29, 1.82) is 0 Å². The summed E-state index contributed by atoms with van der Waals surface area (Å²) in [6, 6.07) is 13.0. The summed E-state index contributed by atoms with van der Waals surface area (Å²) in [5, 5.41) is 0. The number of hydrogen-bond donors (Lipinski definition) is 0. The van der Waals surface area contributed by atoms with Crippen LogP contribution in [0.3, 0.4) is 0 Å². The number of carbonyl (C=O) groups is 2. The van der Waals surface area contributed by atoms with Gasteiger partial charge in [-0.2, -0.15) is 0 Å². The normalized spacial score (nSPS) is 15.8. The van der Waals surface area contributed by atoms with Crippen LogP contribution in [0, 0.1) is 5.82 Å². The summed E-state index contributed by atoms with van der Waals surface area (Å²) in [5.41, 5.74) is 0.996.